The Morgan fingerprint density at radius 2 is 1.72 bits per heavy atom. The second kappa shape index (κ2) is 8.72. The molecule has 0 radical (unpaired) electrons. The van der Waals surface area contributed by atoms with Crippen LogP contribution in [0.25, 0.3) is 0 Å². The second-order valence-electron chi connectivity index (χ2n) is 8.98. The lowest BCUT2D eigenvalue weighted by Gasteiger charge is -2.37. The average molecular weight is 399 g/mol. The predicted octanol–water partition coefficient (Wildman–Crippen LogP) is 3.30. The average Bonchev–Trinajstić information content (AvgIpc) is 3.39. The van der Waals surface area contributed by atoms with E-state index in [1.807, 2.05) is 11.8 Å². The molecule has 1 saturated carbocycles. The van der Waals surface area contributed by atoms with E-state index in [1.165, 1.54) is 31.4 Å². The van der Waals surface area contributed by atoms with Gasteiger partial charge in [-0.15, -0.1) is 0 Å². The summed E-state index contributed by atoms with van der Waals surface area (Å²) in [5, 5.41) is 0. The second-order valence-corrected chi connectivity index (χ2v) is 8.98. The number of carbonyl (C=O) groups excluding carboxylic acids is 2. The van der Waals surface area contributed by atoms with Gasteiger partial charge >= 0.3 is 0 Å². The van der Waals surface area contributed by atoms with E-state index in [-0.39, 0.29) is 11.9 Å². The van der Waals surface area contributed by atoms with Crippen LogP contribution < -0.4 is 4.90 Å². The zero-order chi connectivity index (χ0) is 20.4. The maximum atomic E-state index is 12.6. The van der Waals surface area contributed by atoms with Crippen LogP contribution in [-0.4, -0.2) is 59.3 Å². The van der Waals surface area contributed by atoms with Gasteiger partial charge in [-0.3, -0.25) is 14.6 Å². The van der Waals surface area contributed by atoms with Crippen molar-refractivity contribution in [3.63, 3.8) is 0 Å². The van der Waals surface area contributed by atoms with Crippen molar-refractivity contribution in [3.05, 3.63) is 23.5 Å². The van der Waals surface area contributed by atoms with Gasteiger partial charge in [-0.25, -0.2) is 0 Å². The molecule has 0 spiro atoms. The zero-order valence-corrected chi connectivity index (χ0v) is 17.9. The molecule has 6 heteroatoms. The lowest BCUT2D eigenvalue weighted by molar-refractivity contribution is -0.132. The summed E-state index contributed by atoms with van der Waals surface area (Å²) in [6.45, 7) is 7.82. The van der Waals surface area contributed by atoms with Gasteiger partial charge in [0.2, 0.25) is 11.8 Å². The Morgan fingerprint density at radius 1 is 1.00 bits per heavy atom. The minimum absolute atomic E-state index is 0.0976. The molecule has 1 aromatic heterocycles. The molecule has 2 aliphatic heterocycles. The molecule has 29 heavy (non-hydrogen) atoms. The molecule has 3 heterocycles. The van der Waals surface area contributed by atoms with Crippen LogP contribution in [0.4, 0.5) is 5.69 Å². The molecule has 2 saturated heterocycles. The first-order chi connectivity index (χ1) is 14.0. The van der Waals surface area contributed by atoms with E-state index in [1.54, 1.807) is 6.92 Å². The highest BCUT2D eigenvalue weighted by atomic mass is 16.2. The fraction of sp³-hybridized carbons (Fsp3) is 0.696. The number of anilines is 1. The number of hydrogen-bond acceptors (Lipinski definition) is 4. The molecule has 2 amide bonds. The van der Waals surface area contributed by atoms with Gasteiger partial charge in [0.1, 0.15) is 0 Å². The van der Waals surface area contributed by atoms with Gasteiger partial charge in [-0.1, -0.05) is 12.8 Å². The standard InChI is InChI=1S/C23H34N4O2/c1-17-14-20(16-21(24-17)22-8-5-9-27(22)18(2)28)25-10-12-26(13-11-25)23(29)15-19-6-3-4-7-19/h14,16,19,22H,3-13,15H2,1-2H3. The predicted molar refractivity (Wildman–Crippen MR) is 114 cm³/mol. The van der Waals surface area contributed by atoms with Crippen LogP contribution in [0.5, 0.6) is 0 Å². The Bertz CT molecular complexity index is 751. The Kier molecular flexibility index (Phi) is 6.07. The number of pyridine rings is 1. The fourth-order valence-electron chi connectivity index (χ4n) is 5.28. The molecule has 3 aliphatic rings. The van der Waals surface area contributed by atoms with Crippen molar-refractivity contribution in [2.45, 2.75) is 64.8 Å². The highest BCUT2D eigenvalue weighted by Gasteiger charge is 2.30. The van der Waals surface area contributed by atoms with E-state index >= 15 is 0 Å². The SMILES string of the molecule is CC(=O)N1CCCC1c1cc(N2CCN(C(=O)CC3CCCC3)CC2)cc(C)n1. The smallest absolute Gasteiger partial charge is 0.222 e. The molecule has 1 atom stereocenters. The van der Waals surface area contributed by atoms with Crippen molar-refractivity contribution in [3.8, 4) is 0 Å². The number of amides is 2. The highest BCUT2D eigenvalue weighted by molar-refractivity contribution is 5.77. The molecule has 3 fully saturated rings. The van der Waals surface area contributed by atoms with E-state index in [0.717, 1.165) is 63.4 Å². The lowest BCUT2D eigenvalue weighted by Crippen LogP contribution is -2.49. The zero-order valence-electron chi connectivity index (χ0n) is 17.9. The summed E-state index contributed by atoms with van der Waals surface area (Å²) in [5.74, 6) is 1.08. The summed E-state index contributed by atoms with van der Waals surface area (Å²) in [6.07, 6.45) is 7.79. The van der Waals surface area contributed by atoms with Crippen molar-refractivity contribution in [1.29, 1.82) is 0 Å². The minimum atomic E-state index is 0.0976. The summed E-state index contributed by atoms with van der Waals surface area (Å²) in [7, 11) is 0. The van der Waals surface area contributed by atoms with E-state index in [0.29, 0.717) is 11.8 Å². The van der Waals surface area contributed by atoms with Crippen LogP contribution in [0.2, 0.25) is 0 Å². The third-order valence-corrected chi connectivity index (χ3v) is 6.89. The van der Waals surface area contributed by atoms with Gasteiger partial charge in [0, 0.05) is 57.4 Å². The first kappa shape index (κ1) is 20.2. The van der Waals surface area contributed by atoms with Gasteiger partial charge in [0.15, 0.2) is 0 Å². The first-order valence-corrected chi connectivity index (χ1v) is 11.3. The molecular formula is C23H34N4O2. The number of hydrogen-bond donors (Lipinski definition) is 0. The maximum absolute atomic E-state index is 12.6. The van der Waals surface area contributed by atoms with Crippen molar-refractivity contribution < 1.29 is 9.59 Å². The first-order valence-electron chi connectivity index (χ1n) is 11.3. The van der Waals surface area contributed by atoms with Crippen molar-refractivity contribution in [2.24, 2.45) is 5.92 Å². The van der Waals surface area contributed by atoms with Crippen molar-refractivity contribution in [2.75, 3.05) is 37.6 Å². The Hall–Kier alpha value is -2.11. The van der Waals surface area contributed by atoms with Crippen LogP contribution in [0, 0.1) is 12.8 Å². The van der Waals surface area contributed by atoms with Gasteiger partial charge < -0.3 is 14.7 Å². The Balaban J connectivity index is 1.40. The number of nitrogens with zero attached hydrogens (tertiary/aromatic N) is 4. The molecule has 4 rings (SSSR count). The van der Waals surface area contributed by atoms with Gasteiger partial charge in [0.05, 0.1) is 11.7 Å². The summed E-state index contributed by atoms with van der Waals surface area (Å²) in [6, 6.07) is 4.39. The van der Waals surface area contributed by atoms with Gasteiger partial charge in [-0.2, -0.15) is 0 Å². The minimum Gasteiger partial charge on any atom is -0.368 e. The Labute approximate surface area is 174 Å². The molecule has 6 nitrogen and oxygen atoms in total. The summed E-state index contributed by atoms with van der Waals surface area (Å²) >= 11 is 0. The molecular weight excluding hydrogens is 364 g/mol. The fourth-order valence-corrected chi connectivity index (χ4v) is 5.28. The maximum Gasteiger partial charge on any atom is 0.222 e. The van der Waals surface area contributed by atoms with Crippen LogP contribution in [0.3, 0.4) is 0 Å². The number of aromatic nitrogens is 1. The summed E-state index contributed by atoms with van der Waals surface area (Å²) in [4.78, 5) is 35.7. The number of rotatable bonds is 4. The van der Waals surface area contributed by atoms with Crippen LogP contribution >= 0.6 is 0 Å². The molecule has 0 N–H and O–H groups in total. The number of aryl methyl sites for hydroxylation is 1. The Morgan fingerprint density at radius 3 is 2.41 bits per heavy atom. The lowest BCUT2D eigenvalue weighted by atomic mass is 10.0. The third-order valence-electron chi connectivity index (χ3n) is 6.89. The van der Waals surface area contributed by atoms with Crippen LogP contribution in [0.1, 0.15) is 69.3 Å². The molecule has 1 aliphatic carbocycles. The van der Waals surface area contributed by atoms with Crippen LogP contribution in [0.15, 0.2) is 12.1 Å². The van der Waals surface area contributed by atoms with Crippen LogP contribution in [-0.2, 0) is 9.59 Å². The molecule has 1 aromatic rings. The normalized spacial score (nSPS) is 23.1. The van der Waals surface area contributed by atoms with Gasteiger partial charge in [0.25, 0.3) is 0 Å². The topological polar surface area (TPSA) is 56.8 Å². The quantitative estimate of drug-likeness (QED) is 0.781. The summed E-state index contributed by atoms with van der Waals surface area (Å²) < 4.78 is 0. The molecule has 0 aromatic carbocycles. The number of likely N-dealkylation sites (tertiary alicyclic amines) is 1. The molecule has 1 unspecified atom stereocenters. The summed E-state index contributed by atoms with van der Waals surface area (Å²) in [5.41, 5.74) is 3.17. The van der Waals surface area contributed by atoms with E-state index in [2.05, 4.69) is 21.9 Å². The largest absolute Gasteiger partial charge is 0.368 e. The van der Waals surface area contributed by atoms with E-state index in [4.69, 9.17) is 4.98 Å². The highest BCUT2D eigenvalue weighted by Crippen LogP contribution is 2.33. The molecule has 158 valence electrons. The number of piperazine rings is 1. The van der Waals surface area contributed by atoms with E-state index < -0.39 is 0 Å². The monoisotopic (exact) mass is 398 g/mol. The molecule has 0 bridgehead atoms. The number of carbonyl (C=O) groups is 2. The van der Waals surface area contributed by atoms with Crippen molar-refractivity contribution in [1.82, 2.24) is 14.8 Å². The van der Waals surface area contributed by atoms with E-state index in [9.17, 15) is 9.59 Å². The third kappa shape index (κ3) is 4.57. The van der Waals surface area contributed by atoms with Gasteiger partial charge in [-0.05, 0) is 50.7 Å². The van der Waals surface area contributed by atoms with Crippen molar-refractivity contribution >= 4 is 17.5 Å².